The molecular weight excluding hydrogens is 458 g/mol. The number of nitrogens with one attached hydrogen (secondary N) is 2. The molecule has 0 aliphatic carbocycles. The standard InChI is InChI=1S/C27H27N5O4/c1-13(2)20-25-32-21(24-29-9-10-34-24)22(36-25)27-15-5-3-4-6-18(15)30-26(27)35-19-8-7-14(11-16(19)27)12-17(28)23(33)31-20/h3-8,11,13,17,20,26,30H,9-10,12,28H2,1-2H3,(H,31,33)/t17-,20-,26-,27?/m0/s1. The molecular formula is C27H27N5O4. The van der Waals surface area contributed by atoms with E-state index in [2.05, 4.69) is 27.8 Å². The summed E-state index contributed by atoms with van der Waals surface area (Å²) >= 11 is 0. The highest BCUT2D eigenvalue weighted by Crippen LogP contribution is 2.58. The maximum atomic E-state index is 13.1. The number of amides is 1. The summed E-state index contributed by atoms with van der Waals surface area (Å²) in [5.41, 5.74) is 9.97. The van der Waals surface area contributed by atoms with Gasteiger partial charge in [0, 0.05) is 11.3 Å². The van der Waals surface area contributed by atoms with Gasteiger partial charge in [-0.2, -0.15) is 0 Å². The number of para-hydroxylation sites is 1. The molecule has 4 bridgehead atoms. The van der Waals surface area contributed by atoms with Crippen molar-refractivity contribution < 1.29 is 18.7 Å². The average molecular weight is 486 g/mol. The molecule has 1 aromatic heterocycles. The van der Waals surface area contributed by atoms with Crippen molar-refractivity contribution in [1.82, 2.24) is 10.3 Å². The lowest BCUT2D eigenvalue weighted by Gasteiger charge is -2.28. The summed E-state index contributed by atoms with van der Waals surface area (Å²) in [5, 5.41) is 6.64. The first-order valence-corrected chi connectivity index (χ1v) is 12.4. The van der Waals surface area contributed by atoms with Crippen LogP contribution in [0.3, 0.4) is 0 Å². The van der Waals surface area contributed by atoms with Crippen molar-refractivity contribution >= 4 is 17.5 Å². The van der Waals surface area contributed by atoms with Crippen molar-refractivity contribution in [3.63, 3.8) is 0 Å². The molecule has 1 spiro atoms. The Morgan fingerprint density at radius 1 is 1.14 bits per heavy atom. The maximum Gasteiger partial charge on any atom is 0.239 e. The largest absolute Gasteiger partial charge is 0.474 e. The lowest BCUT2D eigenvalue weighted by atomic mass is 9.72. The Labute approximate surface area is 208 Å². The number of carbonyl (C=O) groups excluding carboxylic acids is 1. The van der Waals surface area contributed by atoms with Crippen LogP contribution in [-0.4, -0.2) is 42.2 Å². The number of oxazole rings is 1. The summed E-state index contributed by atoms with van der Waals surface area (Å²) < 4.78 is 19.1. The van der Waals surface area contributed by atoms with Crippen molar-refractivity contribution in [3.05, 3.63) is 76.5 Å². The zero-order valence-corrected chi connectivity index (χ0v) is 20.1. The van der Waals surface area contributed by atoms with Crippen LogP contribution in [0, 0.1) is 5.92 Å². The molecule has 2 aromatic carbocycles. The Morgan fingerprint density at radius 2 is 2.00 bits per heavy atom. The number of ether oxygens (including phenoxy) is 2. The number of nitrogens with zero attached hydrogens (tertiary/aromatic N) is 2. The molecule has 1 unspecified atom stereocenters. The number of fused-ring (bicyclic) bond motifs is 4. The van der Waals surface area contributed by atoms with Crippen molar-refractivity contribution in [2.45, 2.75) is 44.0 Å². The van der Waals surface area contributed by atoms with Crippen LogP contribution in [0.15, 0.2) is 51.9 Å². The van der Waals surface area contributed by atoms with Crippen molar-refractivity contribution in [3.8, 4) is 5.75 Å². The molecule has 0 radical (unpaired) electrons. The molecule has 4 aliphatic heterocycles. The van der Waals surface area contributed by atoms with E-state index in [1.807, 2.05) is 44.2 Å². The molecule has 0 saturated heterocycles. The number of anilines is 1. The molecule has 0 fully saturated rings. The fourth-order valence-corrected chi connectivity index (χ4v) is 5.83. The van der Waals surface area contributed by atoms with Crippen LogP contribution in [0.2, 0.25) is 0 Å². The van der Waals surface area contributed by atoms with E-state index < -0.39 is 23.7 Å². The van der Waals surface area contributed by atoms with E-state index in [-0.39, 0.29) is 11.8 Å². The van der Waals surface area contributed by atoms with Crippen molar-refractivity contribution in [2.24, 2.45) is 16.6 Å². The number of carbonyl (C=O) groups is 1. The van der Waals surface area contributed by atoms with Gasteiger partial charge in [-0.1, -0.05) is 44.2 Å². The predicted octanol–water partition coefficient (Wildman–Crippen LogP) is 2.63. The summed E-state index contributed by atoms with van der Waals surface area (Å²) in [6, 6.07) is 12.9. The van der Waals surface area contributed by atoms with Crippen LogP contribution in [0.4, 0.5) is 5.69 Å². The fraction of sp³-hybridized carbons (Fsp3) is 0.370. The topological polar surface area (TPSA) is 124 Å². The summed E-state index contributed by atoms with van der Waals surface area (Å²) in [6.07, 6.45) is -0.0557. The Bertz CT molecular complexity index is 1430. The Hall–Kier alpha value is -3.85. The second-order valence-electron chi connectivity index (χ2n) is 10.1. The molecule has 184 valence electrons. The quantitative estimate of drug-likeness (QED) is 0.510. The number of aliphatic imine (C=N–C) groups is 1. The fourth-order valence-electron chi connectivity index (χ4n) is 5.83. The van der Waals surface area contributed by atoms with Crippen LogP contribution in [-0.2, 0) is 21.4 Å². The minimum atomic E-state index is -0.828. The van der Waals surface area contributed by atoms with E-state index >= 15 is 0 Å². The van der Waals surface area contributed by atoms with Gasteiger partial charge in [-0.3, -0.25) is 4.79 Å². The second kappa shape index (κ2) is 7.57. The lowest BCUT2D eigenvalue weighted by Crippen LogP contribution is -2.45. The van der Waals surface area contributed by atoms with E-state index in [1.54, 1.807) is 0 Å². The Morgan fingerprint density at radius 3 is 2.81 bits per heavy atom. The van der Waals surface area contributed by atoms with Gasteiger partial charge in [-0.05, 0) is 35.6 Å². The van der Waals surface area contributed by atoms with E-state index in [9.17, 15) is 4.79 Å². The first-order valence-electron chi connectivity index (χ1n) is 12.4. The molecule has 4 atom stereocenters. The number of benzene rings is 2. The zero-order chi connectivity index (χ0) is 24.6. The third-order valence-electron chi connectivity index (χ3n) is 7.56. The third kappa shape index (κ3) is 2.83. The molecule has 3 aromatic rings. The lowest BCUT2D eigenvalue weighted by molar-refractivity contribution is -0.123. The van der Waals surface area contributed by atoms with Crippen molar-refractivity contribution in [1.29, 1.82) is 0 Å². The first kappa shape index (κ1) is 21.4. The number of hydrogen-bond acceptors (Lipinski definition) is 8. The van der Waals surface area contributed by atoms with Gasteiger partial charge < -0.3 is 30.3 Å². The molecule has 9 nitrogen and oxygen atoms in total. The first-order chi connectivity index (χ1) is 17.5. The SMILES string of the molecule is CC(C)[C@@H]1NC(=O)[C@@H](N)Cc2ccc3c(c2)C2(c4ccccc4N[C@H]2O3)c2oc1nc2C1=NCCO1. The van der Waals surface area contributed by atoms with E-state index in [0.717, 1.165) is 28.1 Å². The van der Waals surface area contributed by atoms with Gasteiger partial charge in [0.05, 0.1) is 12.6 Å². The second-order valence-corrected chi connectivity index (χ2v) is 10.1. The molecule has 0 saturated carbocycles. The number of hydrogen-bond donors (Lipinski definition) is 3. The molecule has 7 rings (SSSR count). The van der Waals surface area contributed by atoms with E-state index in [4.69, 9.17) is 24.6 Å². The molecule has 9 heteroatoms. The van der Waals surface area contributed by atoms with Gasteiger partial charge in [0.25, 0.3) is 0 Å². The van der Waals surface area contributed by atoms with Gasteiger partial charge in [0.15, 0.2) is 17.7 Å². The summed E-state index contributed by atoms with van der Waals surface area (Å²) in [5.74, 6) is 1.95. The highest BCUT2D eigenvalue weighted by atomic mass is 16.5. The monoisotopic (exact) mass is 485 g/mol. The molecule has 4 N–H and O–H groups in total. The third-order valence-corrected chi connectivity index (χ3v) is 7.56. The van der Waals surface area contributed by atoms with E-state index in [1.165, 1.54) is 0 Å². The van der Waals surface area contributed by atoms with Gasteiger partial charge in [-0.15, -0.1) is 0 Å². The zero-order valence-electron chi connectivity index (χ0n) is 20.1. The molecule has 5 heterocycles. The normalized spacial score (nSPS) is 27.6. The highest BCUT2D eigenvalue weighted by molar-refractivity contribution is 5.95. The number of rotatable bonds is 2. The highest BCUT2D eigenvalue weighted by Gasteiger charge is 2.61. The minimum absolute atomic E-state index is 0.00498. The summed E-state index contributed by atoms with van der Waals surface area (Å²) in [4.78, 5) is 22.6. The smallest absolute Gasteiger partial charge is 0.239 e. The van der Waals surface area contributed by atoms with Crippen LogP contribution in [0.25, 0.3) is 0 Å². The number of nitrogens with two attached hydrogens (primary N) is 1. The van der Waals surface area contributed by atoms with Gasteiger partial charge in [0.2, 0.25) is 17.7 Å². The van der Waals surface area contributed by atoms with E-state index in [0.29, 0.717) is 42.8 Å². The van der Waals surface area contributed by atoms with Crippen LogP contribution < -0.4 is 21.1 Å². The Balaban J connectivity index is 1.58. The van der Waals surface area contributed by atoms with Crippen LogP contribution in [0.1, 0.15) is 53.9 Å². The molecule has 1 amide bonds. The predicted molar refractivity (Wildman–Crippen MR) is 132 cm³/mol. The van der Waals surface area contributed by atoms with Gasteiger partial charge >= 0.3 is 0 Å². The van der Waals surface area contributed by atoms with Gasteiger partial charge in [0.1, 0.15) is 23.8 Å². The average Bonchev–Trinajstić information content (AvgIpc) is 3.63. The molecule has 4 aliphatic rings. The summed E-state index contributed by atoms with van der Waals surface area (Å²) in [6.45, 7) is 5.07. The van der Waals surface area contributed by atoms with Crippen LogP contribution in [0.5, 0.6) is 5.75 Å². The maximum absolute atomic E-state index is 13.1. The minimum Gasteiger partial charge on any atom is -0.474 e. The van der Waals surface area contributed by atoms with Gasteiger partial charge in [-0.25, -0.2) is 9.98 Å². The Kier molecular flexibility index (Phi) is 4.51. The van der Waals surface area contributed by atoms with Crippen LogP contribution >= 0.6 is 0 Å². The number of aromatic nitrogens is 1. The van der Waals surface area contributed by atoms with Crippen molar-refractivity contribution in [2.75, 3.05) is 18.5 Å². The molecule has 36 heavy (non-hydrogen) atoms. The summed E-state index contributed by atoms with van der Waals surface area (Å²) in [7, 11) is 0.